The van der Waals surface area contributed by atoms with Gasteiger partial charge >= 0.3 is 6.18 Å². The lowest BCUT2D eigenvalue weighted by Gasteiger charge is -2.12. The summed E-state index contributed by atoms with van der Waals surface area (Å²) in [5.41, 5.74) is -0.778. The van der Waals surface area contributed by atoms with E-state index >= 15 is 0 Å². The van der Waals surface area contributed by atoms with Crippen molar-refractivity contribution in [1.29, 1.82) is 0 Å². The summed E-state index contributed by atoms with van der Waals surface area (Å²) < 4.78 is 37.4. The van der Waals surface area contributed by atoms with Gasteiger partial charge in [-0.3, -0.25) is 14.9 Å². The number of hydrogen-bond acceptors (Lipinski definition) is 5. The Morgan fingerprint density at radius 3 is 2.60 bits per heavy atom. The summed E-state index contributed by atoms with van der Waals surface area (Å²) in [6.45, 7) is 1.55. The van der Waals surface area contributed by atoms with E-state index < -0.39 is 27.8 Å². The highest BCUT2D eigenvalue weighted by Crippen LogP contribution is 2.30. The van der Waals surface area contributed by atoms with Gasteiger partial charge in [-0.05, 0) is 25.1 Å². The van der Waals surface area contributed by atoms with Gasteiger partial charge < -0.3 is 5.32 Å². The standard InChI is InChI=1S/C15H12F3N3O3S/c1-9(25-13-6-5-10(8-19-13)15(16,17)18)14(22)20-11-3-2-4-12(7-11)21(23)24/h2-9H,1H3,(H,20,22). The fourth-order valence-electron chi connectivity index (χ4n) is 1.79. The number of anilines is 1. The van der Waals surface area contributed by atoms with Crippen LogP contribution in [0.1, 0.15) is 12.5 Å². The van der Waals surface area contributed by atoms with Crippen molar-refractivity contribution >= 4 is 29.0 Å². The normalized spacial score (nSPS) is 12.5. The van der Waals surface area contributed by atoms with Gasteiger partial charge in [-0.15, -0.1) is 0 Å². The van der Waals surface area contributed by atoms with Crippen LogP contribution in [-0.2, 0) is 11.0 Å². The first-order valence-corrected chi connectivity index (χ1v) is 7.80. The molecule has 6 nitrogen and oxygen atoms in total. The molecule has 0 aliphatic heterocycles. The molecule has 1 aromatic heterocycles. The van der Waals surface area contributed by atoms with Gasteiger partial charge in [-0.2, -0.15) is 13.2 Å². The minimum atomic E-state index is -4.47. The summed E-state index contributed by atoms with van der Waals surface area (Å²) in [6.07, 6.45) is -3.77. The van der Waals surface area contributed by atoms with Gasteiger partial charge in [0.25, 0.3) is 5.69 Å². The molecule has 2 aromatic rings. The monoisotopic (exact) mass is 371 g/mol. The van der Waals surface area contributed by atoms with Crippen molar-refractivity contribution in [2.45, 2.75) is 23.4 Å². The molecule has 0 saturated carbocycles. The molecular formula is C15H12F3N3O3S. The van der Waals surface area contributed by atoms with Crippen LogP contribution in [0.3, 0.4) is 0 Å². The zero-order valence-electron chi connectivity index (χ0n) is 12.8. The molecule has 0 aliphatic rings. The summed E-state index contributed by atoms with van der Waals surface area (Å²) in [5, 5.41) is 12.8. The Labute approximate surface area is 144 Å². The van der Waals surface area contributed by atoms with E-state index in [0.29, 0.717) is 6.20 Å². The number of nitro groups is 1. The van der Waals surface area contributed by atoms with Gasteiger partial charge in [0, 0.05) is 24.0 Å². The van der Waals surface area contributed by atoms with Crippen LogP contribution in [0.25, 0.3) is 0 Å². The van der Waals surface area contributed by atoms with E-state index in [-0.39, 0.29) is 16.4 Å². The first-order valence-electron chi connectivity index (χ1n) is 6.92. The lowest BCUT2D eigenvalue weighted by atomic mass is 10.2. The second-order valence-electron chi connectivity index (χ2n) is 4.94. The van der Waals surface area contributed by atoms with Gasteiger partial charge in [-0.25, -0.2) is 4.98 Å². The molecular weight excluding hydrogens is 359 g/mol. The number of nitrogens with zero attached hydrogens (tertiary/aromatic N) is 2. The van der Waals surface area contributed by atoms with Crippen molar-refractivity contribution in [3.63, 3.8) is 0 Å². The Bertz CT molecular complexity index is 782. The summed E-state index contributed by atoms with van der Waals surface area (Å²) in [6, 6.07) is 7.51. The lowest BCUT2D eigenvalue weighted by Crippen LogP contribution is -2.22. The van der Waals surface area contributed by atoms with Crippen molar-refractivity contribution in [3.05, 3.63) is 58.3 Å². The van der Waals surface area contributed by atoms with E-state index in [2.05, 4.69) is 10.3 Å². The van der Waals surface area contributed by atoms with Crippen LogP contribution in [0.4, 0.5) is 24.5 Å². The highest BCUT2D eigenvalue weighted by molar-refractivity contribution is 8.00. The quantitative estimate of drug-likeness (QED) is 0.485. The van der Waals surface area contributed by atoms with Crippen molar-refractivity contribution < 1.29 is 22.9 Å². The van der Waals surface area contributed by atoms with E-state index in [0.717, 1.165) is 17.8 Å². The number of rotatable bonds is 5. The van der Waals surface area contributed by atoms with Crippen LogP contribution in [0.15, 0.2) is 47.6 Å². The SMILES string of the molecule is CC(Sc1ccc(C(F)(F)F)cn1)C(=O)Nc1cccc([N+](=O)[O-])c1. The number of alkyl halides is 3. The summed E-state index contributed by atoms with van der Waals surface area (Å²) in [7, 11) is 0. The summed E-state index contributed by atoms with van der Waals surface area (Å²) in [5.74, 6) is -0.452. The number of halogens is 3. The van der Waals surface area contributed by atoms with Crippen molar-refractivity contribution in [2.75, 3.05) is 5.32 Å². The molecule has 0 spiro atoms. The minimum Gasteiger partial charge on any atom is -0.325 e. The van der Waals surface area contributed by atoms with Crippen molar-refractivity contribution in [2.24, 2.45) is 0 Å². The number of amides is 1. The molecule has 1 atom stereocenters. The van der Waals surface area contributed by atoms with Crippen LogP contribution in [0, 0.1) is 10.1 Å². The van der Waals surface area contributed by atoms with E-state index in [1.54, 1.807) is 6.92 Å². The Hall–Kier alpha value is -2.62. The molecule has 1 N–H and O–H groups in total. The Morgan fingerprint density at radius 1 is 1.32 bits per heavy atom. The third-order valence-electron chi connectivity index (χ3n) is 3.05. The number of carbonyl (C=O) groups is 1. The van der Waals surface area contributed by atoms with Crippen LogP contribution in [-0.4, -0.2) is 21.1 Å². The topological polar surface area (TPSA) is 85.1 Å². The predicted octanol–water partition coefficient (Wildman–Crippen LogP) is 4.13. The van der Waals surface area contributed by atoms with Gasteiger partial charge in [0.1, 0.15) is 0 Å². The summed E-state index contributed by atoms with van der Waals surface area (Å²) in [4.78, 5) is 25.9. The maximum atomic E-state index is 12.5. The molecule has 0 fully saturated rings. The minimum absolute atomic E-state index is 0.164. The smallest absolute Gasteiger partial charge is 0.325 e. The number of pyridine rings is 1. The van der Waals surface area contributed by atoms with Crippen LogP contribution < -0.4 is 5.32 Å². The fraction of sp³-hybridized carbons (Fsp3) is 0.200. The number of aromatic nitrogens is 1. The molecule has 1 unspecified atom stereocenters. The molecule has 25 heavy (non-hydrogen) atoms. The number of nitro benzene ring substituents is 1. The molecule has 1 amide bonds. The number of thioether (sulfide) groups is 1. The van der Waals surface area contributed by atoms with Crippen LogP contribution in [0.5, 0.6) is 0 Å². The number of carbonyl (C=O) groups excluding carboxylic acids is 1. The lowest BCUT2D eigenvalue weighted by molar-refractivity contribution is -0.384. The average Bonchev–Trinajstić information content (AvgIpc) is 2.54. The van der Waals surface area contributed by atoms with Gasteiger partial charge in [0.2, 0.25) is 5.91 Å². The molecule has 2 rings (SSSR count). The number of non-ortho nitro benzene ring substituents is 1. The van der Waals surface area contributed by atoms with E-state index in [1.807, 2.05) is 0 Å². The third kappa shape index (κ3) is 5.18. The maximum absolute atomic E-state index is 12.5. The zero-order chi connectivity index (χ0) is 18.6. The second kappa shape index (κ2) is 7.51. The molecule has 1 heterocycles. The second-order valence-corrected chi connectivity index (χ2v) is 6.30. The largest absolute Gasteiger partial charge is 0.417 e. The fourth-order valence-corrected chi connectivity index (χ4v) is 2.58. The first kappa shape index (κ1) is 18.7. The Kier molecular flexibility index (Phi) is 5.62. The maximum Gasteiger partial charge on any atom is 0.417 e. The van der Waals surface area contributed by atoms with Crippen LogP contribution >= 0.6 is 11.8 Å². The van der Waals surface area contributed by atoms with Gasteiger partial charge in [-0.1, -0.05) is 17.8 Å². The first-order chi connectivity index (χ1) is 11.7. The highest BCUT2D eigenvalue weighted by Gasteiger charge is 2.30. The highest BCUT2D eigenvalue weighted by atomic mass is 32.2. The number of hydrogen-bond donors (Lipinski definition) is 1. The molecule has 0 bridgehead atoms. The van der Waals surface area contributed by atoms with Crippen molar-refractivity contribution in [1.82, 2.24) is 4.98 Å². The molecule has 0 aliphatic carbocycles. The van der Waals surface area contributed by atoms with E-state index in [9.17, 15) is 28.1 Å². The Morgan fingerprint density at radius 2 is 2.04 bits per heavy atom. The zero-order valence-corrected chi connectivity index (χ0v) is 13.6. The third-order valence-corrected chi connectivity index (χ3v) is 4.11. The molecule has 10 heteroatoms. The van der Waals surface area contributed by atoms with Gasteiger partial charge in [0.15, 0.2) is 0 Å². The molecule has 132 valence electrons. The average molecular weight is 371 g/mol. The molecule has 0 saturated heterocycles. The predicted molar refractivity (Wildman–Crippen MR) is 86.3 cm³/mol. The molecule has 0 radical (unpaired) electrons. The molecule has 1 aromatic carbocycles. The van der Waals surface area contributed by atoms with E-state index in [4.69, 9.17) is 0 Å². The van der Waals surface area contributed by atoms with Crippen LogP contribution in [0.2, 0.25) is 0 Å². The Balaban J connectivity index is 2.00. The van der Waals surface area contributed by atoms with Crippen molar-refractivity contribution in [3.8, 4) is 0 Å². The van der Waals surface area contributed by atoms with E-state index in [1.165, 1.54) is 30.3 Å². The summed E-state index contributed by atoms with van der Waals surface area (Å²) >= 11 is 0.976. The number of nitrogens with one attached hydrogen (secondary N) is 1. The number of benzene rings is 1. The van der Waals surface area contributed by atoms with Gasteiger partial charge in [0.05, 0.1) is 20.8 Å².